The summed E-state index contributed by atoms with van der Waals surface area (Å²) in [5.74, 6) is -3.62. The Morgan fingerprint density at radius 3 is 2.33 bits per heavy atom. The molecule has 8 nitrogen and oxygen atoms in total. The lowest BCUT2D eigenvalue weighted by Crippen LogP contribution is -2.46. The van der Waals surface area contributed by atoms with E-state index in [2.05, 4.69) is 10.6 Å². The van der Waals surface area contributed by atoms with E-state index in [1.807, 2.05) is 0 Å². The molecule has 0 unspecified atom stereocenters. The number of ether oxygens (including phenoxy) is 1. The zero-order chi connectivity index (χ0) is 20.6. The van der Waals surface area contributed by atoms with Gasteiger partial charge in [-0.25, -0.2) is 9.18 Å². The van der Waals surface area contributed by atoms with Crippen molar-refractivity contribution in [1.82, 2.24) is 15.5 Å². The predicted molar refractivity (Wildman–Crippen MR) is 95.2 cm³/mol. The first-order chi connectivity index (χ1) is 12.6. The van der Waals surface area contributed by atoms with E-state index in [9.17, 15) is 23.6 Å². The van der Waals surface area contributed by atoms with Crippen LogP contribution >= 0.6 is 0 Å². The number of rotatable bonds is 8. The van der Waals surface area contributed by atoms with Gasteiger partial charge in [0.25, 0.3) is 11.8 Å². The van der Waals surface area contributed by atoms with E-state index < -0.39 is 36.2 Å². The molecular weight excluding hydrogens is 357 g/mol. The fourth-order valence-corrected chi connectivity index (χ4v) is 1.97. The van der Waals surface area contributed by atoms with Crippen LogP contribution in [0.3, 0.4) is 0 Å². The highest BCUT2D eigenvalue weighted by molar-refractivity contribution is 5.97. The van der Waals surface area contributed by atoms with Crippen molar-refractivity contribution in [3.8, 4) is 0 Å². The lowest BCUT2D eigenvalue weighted by molar-refractivity contribution is -0.151. The molecule has 0 saturated carbocycles. The van der Waals surface area contributed by atoms with Gasteiger partial charge < -0.3 is 20.3 Å². The zero-order valence-corrected chi connectivity index (χ0v) is 15.7. The van der Waals surface area contributed by atoms with Crippen molar-refractivity contribution < 1.29 is 28.3 Å². The molecule has 0 heterocycles. The summed E-state index contributed by atoms with van der Waals surface area (Å²) in [6.07, 6.45) is 0. The molecule has 2 N–H and O–H groups in total. The van der Waals surface area contributed by atoms with Gasteiger partial charge in [-0.05, 0) is 18.1 Å². The molecule has 9 heteroatoms. The van der Waals surface area contributed by atoms with Crippen molar-refractivity contribution >= 4 is 23.7 Å². The van der Waals surface area contributed by atoms with Crippen molar-refractivity contribution in [3.63, 3.8) is 0 Å². The Hall–Kier alpha value is -2.97. The van der Waals surface area contributed by atoms with Crippen LogP contribution < -0.4 is 10.6 Å². The smallest absolute Gasteiger partial charge is 0.329 e. The number of hydrogen-bond acceptors (Lipinski definition) is 5. The van der Waals surface area contributed by atoms with E-state index in [1.54, 1.807) is 27.9 Å². The van der Waals surface area contributed by atoms with Crippen molar-refractivity contribution in [2.75, 3.05) is 27.2 Å². The number of esters is 1. The van der Waals surface area contributed by atoms with Crippen LogP contribution in [0, 0.1) is 11.7 Å². The van der Waals surface area contributed by atoms with Crippen LogP contribution in [0.5, 0.6) is 0 Å². The van der Waals surface area contributed by atoms with Crippen LogP contribution in [-0.2, 0) is 19.1 Å². The maximum Gasteiger partial charge on any atom is 0.329 e. The van der Waals surface area contributed by atoms with Crippen molar-refractivity contribution in [2.45, 2.75) is 19.9 Å². The standard InChI is InChI=1S/C18H24FN3O5/c1-11(2)16(21-17(25)12-7-5-6-8-13(12)19)18(26)27-10-14(23)20-9-15(24)22(3)4/h5-8,11,16H,9-10H2,1-4H3,(H,20,23)(H,21,25)/t16-/m0/s1. The molecule has 0 fully saturated rings. The highest BCUT2D eigenvalue weighted by Crippen LogP contribution is 2.09. The van der Waals surface area contributed by atoms with Gasteiger partial charge in [-0.15, -0.1) is 0 Å². The van der Waals surface area contributed by atoms with Crippen LogP contribution in [0.2, 0.25) is 0 Å². The highest BCUT2D eigenvalue weighted by Gasteiger charge is 2.27. The van der Waals surface area contributed by atoms with Crippen molar-refractivity contribution in [1.29, 1.82) is 0 Å². The van der Waals surface area contributed by atoms with Gasteiger partial charge in [-0.1, -0.05) is 26.0 Å². The molecule has 1 rings (SSSR count). The number of amides is 3. The highest BCUT2D eigenvalue weighted by atomic mass is 19.1. The summed E-state index contributed by atoms with van der Waals surface area (Å²) in [7, 11) is 3.08. The number of nitrogens with zero attached hydrogens (tertiary/aromatic N) is 1. The van der Waals surface area contributed by atoms with Crippen molar-refractivity contribution in [3.05, 3.63) is 35.6 Å². The number of halogens is 1. The van der Waals surface area contributed by atoms with E-state index in [1.165, 1.54) is 23.1 Å². The Balaban J connectivity index is 2.61. The fraction of sp³-hybridized carbons (Fsp3) is 0.444. The molecule has 1 aromatic rings. The minimum atomic E-state index is -1.06. The lowest BCUT2D eigenvalue weighted by atomic mass is 10.0. The molecule has 148 valence electrons. The average Bonchev–Trinajstić information content (AvgIpc) is 2.61. The molecule has 1 aromatic carbocycles. The number of likely N-dealkylation sites (N-methyl/N-ethyl adjacent to an activating group) is 1. The fourth-order valence-electron chi connectivity index (χ4n) is 1.97. The van der Waals surface area contributed by atoms with E-state index in [0.29, 0.717) is 0 Å². The number of benzene rings is 1. The predicted octanol–water partition coefficient (Wildman–Crippen LogP) is 0.328. The summed E-state index contributed by atoms with van der Waals surface area (Å²) in [6.45, 7) is 2.52. The summed E-state index contributed by atoms with van der Waals surface area (Å²) in [5, 5.41) is 4.73. The summed E-state index contributed by atoms with van der Waals surface area (Å²) in [6, 6.07) is 4.31. The SMILES string of the molecule is CC(C)[C@H](NC(=O)c1ccccc1F)C(=O)OCC(=O)NCC(=O)N(C)C. The number of carbonyl (C=O) groups excluding carboxylic acids is 4. The van der Waals surface area contributed by atoms with E-state index in [4.69, 9.17) is 4.74 Å². The molecule has 0 aromatic heterocycles. The second kappa shape index (κ2) is 10.2. The first-order valence-corrected chi connectivity index (χ1v) is 8.32. The molecule has 0 aliphatic heterocycles. The first-order valence-electron chi connectivity index (χ1n) is 8.32. The number of carbonyl (C=O) groups is 4. The maximum atomic E-state index is 13.7. The second-order valence-electron chi connectivity index (χ2n) is 6.35. The molecule has 1 atom stereocenters. The third-order valence-electron chi connectivity index (χ3n) is 3.61. The normalized spacial score (nSPS) is 11.5. The number of hydrogen-bond donors (Lipinski definition) is 2. The molecule has 0 radical (unpaired) electrons. The van der Waals surface area contributed by atoms with Gasteiger partial charge >= 0.3 is 5.97 Å². The molecule has 0 saturated heterocycles. The minimum absolute atomic E-state index is 0.198. The zero-order valence-electron chi connectivity index (χ0n) is 15.7. The van der Waals surface area contributed by atoms with Gasteiger partial charge in [0.05, 0.1) is 12.1 Å². The molecular formula is C18H24FN3O5. The monoisotopic (exact) mass is 381 g/mol. The molecule has 3 amide bonds. The van der Waals surface area contributed by atoms with Gasteiger partial charge in [0, 0.05) is 14.1 Å². The van der Waals surface area contributed by atoms with E-state index in [-0.39, 0.29) is 23.9 Å². The lowest BCUT2D eigenvalue weighted by Gasteiger charge is -2.21. The van der Waals surface area contributed by atoms with Gasteiger partial charge in [0.15, 0.2) is 6.61 Å². The minimum Gasteiger partial charge on any atom is -0.454 e. The molecule has 0 aliphatic carbocycles. The summed E-state index contributed by atoms with van der Waals surface area (Å²) in [5.41, 5.74) is -0.198. The Bertz CT molecular complexity index is 706. The summed E-state index contributed by atoms with van der Waals surface area (Å²) < 4.78 is 18.6. The molecule has 0 spiro atoms. The Morgan fingerprint density at radius 2 is 1.78 bits per heavy atom. The third-order valence-corrected chi connectivity index (χ3v) is 3.61. The van der Waals surface area contributed by atoms with Crippen LogP contribution in [0.15, 0.2) is 24.3 Å². The van der Waals surface area contributed by atoms with Gasteiger partial charge in [0.1, 0.15) is 11.9 Å². The average molecular weight is 381 g/mol. The van der Waals surface area contributed by atoms with Crippen LogP contribution in [0.25, 0.3) is 0 Å². The third kappa shape index (κ3) is 7.04. The first kappa shape index (κ1) is 22.1. The van der Waals surface area contributed by atoms with Gasteiger partial charge in [-0.2, -0.15) is 0 Å². The molecule has 0 bridgehead atoms. The van der Waals surface area contributed by atoms with Crippen LogP contribution in [0.4, 0.5) is 4.39 Å². The molecule has 27 heavy (non-hydrogen) atoms. The largest absolute Gasteiger partial charge is 0.454 e. The summed E-state index contributed by atoms with van der Waals surface area (Å²) in [4.78, 5) is 48.7. The van der Waals surface area contributed by atoms with Crippen LogP contribution in [-0.4, -0.2) is 61.9 Å². The number of nitrogens with one attached hydrogen (secondary N) is 2. The topological polar surface area (TPSA) is 105 Å². The quantitative estimate of drug-likeness (QED) is 0.632. The Kier molecular flexibility index (Phi) is 8.37. The molecule has 0 aliphatic rings. The Morgan fingerprint density at radius 1 is 1.15 bits per heavy atom. The van der Waals surface area contributed by atoms with E-state index >= 15 is 0 Å². The van der Waals surface area contributed by atoms with E-state index in [0.717, 1.165) is 6.07 Å². The van der Waals surface area contributed by atoms with Gasteiger partial charge in [-0.3, -0.25) is 14.4 Å². The van der Waals surface area contributed by atoms with Gasteiger partial charge in [0.2, 0.25) is 5.91 Å². The Labute approximate surface area is 157 Å². The van der Waals surface area contributed by atoms with Crippen molar-refractivity contribution in [2.24, 2.45) is 5.92 Å². The maximum absolute atomic E-state index is 13.7. The summed E-state index contributed by atoms with van der Waals surface area (Å²) >= 11 is 0. The second-order valence-corrected chi connectivity index (χ2v) is 6.35. The van der Waals surface area contributed by atoms with Crippen LogP contribution in [0.1, 0.15) is 24.2 Å².